The molecule has 1 aliphatic heterocycles. The van der Waals surface area contributed by atoms with Crippen molar-refractivity contribution in [2.45, 2.75) is 90.3 Å². The van der Waals surface area contributed by atoms with Gasteiger partial charge in [0.15, 0.2) is 11.5 Å². The second kappa shape index (κ2) is 10.7. The third-order valence-electron chi connectivity index (χ3n) is 9.31. The molecule has 39 heavy (non-hydrogen) atoms. The third-order valence-corrected chi connectivity index (χ3v) is 9.31. The summed E-state index contributed by atoms with van der Waals surface area (Å²) in [7, 11) is 0. The quantitative estimate of drug-likeness (QED) is 0.344. The summed E-state index contributed by atoms with van der Waals surface area (Å²) in [5.41, 5.74) is 2.13. The fraction of sp³-hybridized carbons (Fsp3) is 0.600. The number of aromatic carboxylic acids is 1. The zero-order valence-electron chi connectivity index (χ0n) is 22.9. The topological polar surface area (TPSA) is 96.2 Å². The second-order valence-electron chi connectivity index (χ2n) is 12.1. The van der Waals surface area contributed by atoms with Gasteiger partial charge in [-0.25, -0.2) is 19.2 Å². The number of aromatic nitrogens is 4. The lowest BCUT2D eigenvalue weighted by atomic mass is 9.80. The van der Waals surface area contributed by atoms with E-state index in [1.54, 1.807) is 12.1 Å². The molecule has 0 spiro atoms. The molecule has 1 saturated heterocycles. The van der Waals surface area contributed by atoms with Crippen molar-refractivity contribution >= 4 is 28.9 Å². The van der Waals surface area contributed by atoms with Gasteiger partial charge >= 0.3 is 5.97 Å². The maximum atomic E-state index is 14.2. The first-order valence-corrected chi connectivity index (χ1v) is 14.7. The number of carboxylic acid groups (broad SMARTS) is 1. The molecular formula is C30H39FN6O2. The van der Waals surface area contributed by atoms with Crippen molar-refractivity contribution in [3.63, 3.8) is 0 Å². The van der Waals surface area contributed by atoms with Crippen LogP contribution in [0.2, 0.25) is 0 Å². The average Bonchev–Trinajstić information content (AvgIpc) is 3.49. The van der Waals surface area contributed by atoms with Crippen LogP contribution < -0.4 is 10.2 Å². The zero-order valence-corrected chi connectivity index (χ0v) is 22.9. The van der Waals surface area contributed by atoms with Crippen LogP contribution in [0.4, 0.5) is 16.2 Å². The fourth-order valence-electron chi connectivity index (χ4n) is 6.72. The monoisotopic (exact) mass is 534 g/mol. The van der Waals surface area contributed by atoms with Crippen LogP contribution in [0.3, 0.4) is 0 Å². The van der Waals surface area contributed by atoms with Gasteiger partial charge in [0.1, 0.15) is 11.3 Å². The summed E-state index contributed by atoms with van der Waals surface area (Å²) in [6.07, 6.45) is 10.2. The summed E-state index contributed by atoms with van der Waals surface area (Å²) in [6.45, 7) is 6.07. The van der Waals surface area contributed by atoms with E-state index in [1.165, 1.54) is 38.2 Å². The molecule has 9 heteroatoms. The van der Waals surface area contributed by atoms with E-state index in [1.807, 2.05) is 6.07 Å². The Morgan fingerprint density at radius 2 is 1.90 bits per heavy atom. The molecule has 3 fully saturated rings. The van der Waals surface area contributed by atoms with E-state index in [0.29, 0.717) is 23.3 Å². The molecule has 3 aliphatic rings. The summed E-state index contributed by atoms with van der Waals surface area (Å²) in [5, 5.41) is 13.4. The van der Waals surface area contributed by atoms with Crippen molar-refractivity contribution in [3.8, 4) is 0 Å². The van der Waals surface area contributed by atoms with Crippen LogP contribution in [-0.2, 0) is 6.54 Å². The lowest BCUT2D eigenvalue weighted by Gasteiger charge is -2.33. The van der Waals surface area contributed by atoms with Crippen LogP contribution in [0.25, 0.3) is 11.2 Å². The lowest BCUT2D eigenvalue weighted by molar-refractivity contribution is 0.0684. The third kappa shape index (κ3) is 5.20. The van der Waals surface area contributed by atoms with E-state index in [2.05, 4.69) is 38.6 Å². The molecule has 208 valence electrons. The summed E-state index contributed by atoms with van der Waals surface area (Å²) in [5.74, 6) is 1.51. The van der Waals surface area contributed by atoms with Gasteiger partial charge in [0.05, 0.1) is 6.04 Å². The highest BCUT2D eigenvalue weighted by Gasteiger charge is 2.34. The Balaban J connectivity index is 1.47. The fourth-order valence-corrected chi connectivity index (χ4v) is 6.72. The smallest absolute Gasteiger partial charge is 0.374 e. The van der Waals surface area contributed by atoms with E-state index in [-0.39, 0.29) is 23.7 Å². The molecular weight excluding hydrogens is 495 g/mol. The minimum Gasteiger partial charge on any atom is -0.475 e. The number of fused-ring (bicyclic) bond motifs is 1. The number of benzene rings is 1. The number of nitrogens with zero attached hydrogens (tertiary/aromatic N) is 5. The predicted octanol–water partition coefficient (Wildman–Crippen LogP) is 6.43. The van der Waals surface area contributed by atoms with Gasteiger partial charge in [-0.3, -0.25) is 0 Å². The standard InChI is InChI=1S/C30H39FN6O2/c1-18-11-13-20(14-12-18)17-37-25-26(32-19(2)21-6-3-7-21)33-28(29(38)39)34-27(25)35-30(37)36-15-5-10-24(36)22-8-4-9-23(31)16-22/h4,8-9,16,18-21,24H,3,5-7,10-15,17H2,1-2H3,(H,38,39)(H,32,33,34)/t18?,19-,20?,24?/m1/s1. The largest absolute Gasteiger partial charge is 0.475 e. The molecule has 0 amide bonds. The Bertz CT molecular complexity index is 1350. The highest BCUT2D eigenvalue weighted by atomic mass is 19.1. The molecule has 2 N–H and O–H groups in total. The zero-order chi connectivity index (χ0) is 27.1. The van der Waals surface area contributed by atoms with Gasteiger partial charge in [-0.15, -0.1) is 0 Å². The molecule has 2 aliphatic carbocycles. The highest BCUT2D eigenvalue weighted by Crippen LogP contribution is 2.40. The molecule has 1 unspecified atom stereocenters. The van der Waals surface area contributed by atoms with Crippen molar-refractivity contribution in [2.75, 3.05) is 16.8 Å². The van der Waals surface area contributed by atoms with Crippen LogP contribution in [0.5, 0.6) is 0 Å². The molecule has 8 nitrogen and oxygen atoms in total. The minimum absolute atomic E-state index is 0.000136. The van der Waals surface area contributed by atoms with Gasteiger partial charge in [0.25, 0.3) is 0 Å². The first kappa shape index (κ1) is 26.0. The Morgan fingerprint density at radius 3 is 2.59 bits per heavy atom. The molecule has 0 radical (unpaired) electrons. The maximum Gasteiger partial charge on any atom is 0.374 e. The number of nitrogens with one attached hydrogen (secondary N) is 1. The van der Waals surface area contributed by atoms with E-state index < -0.39 is 5.97 Å². The number of hydrogen-bond acceptors (Lipinski definition) is 6. The number of imidazole rings is 1. The second-order valence-corrected chi connectivity index (χ2v) is 12.1. The Hall–Kier alpha value is -3.23. The van der Waals surface area contributed by atoms with Crippen LogP contribution in [0, 0.1) is 23.6 Å². The van der Waals surface area contributed by atoms with Crippen LogP contribution >= 0.6 is 0 Å². The summed E-state index contributed by atoms with van der Waals surface area (Å²) in [4.78, 5) is 28.2. The van der Waals surface area contributed by atoms with E-state index in [4.69, 9.17) is 4.98 Å². The molecule has 3 aromatic rings. The summed E-state index contributed by atoms with van der Waals surface area (Å²) >= 11 is 0. The van der Waals surface area contributed by atoms with Crippen LogP contribution in [0.15, 0.2) is 24.3 Å². The van der Waals surface area contributed by atoms with Gasteiger partial charge in [0, 0.05) is 19.1 Å². The number of rotatable bonds is 8. The number of carbonyl (C=O) groups is 1. The van der Waals surface area contributed by atoms with Crippen molar-refractivity contribution in [2.24, 2.45) is 17.8 Å². The first-order valence-electron chi connectivity index (χ1n) is 14.7. The molecule has 0 bridgehead atoms. The van der Waals surface area contributed by atoms with Gasteiger partial charge < -0.3 is 19.9 Å². The number of anilines is 2. The first-order chi connectivity index (χ1) is 18.9. The SMILES string of the molecule is CC1CCC(Cn2c(N3CCCC3c3cccc(F)c3)nc3nc(C(=O)O)nc(N[C@H](C)C4CCC4)c32)CC1. The predicted molar refractivity (Wildman–Crippen MR) is 150 cm³/mol. The van der Waals surface area contributed by atoms with Gasteiger partial charge in [0.2, 0.25) is 11.8 Å². The number of hydrogen-bond donors (Lipinski definition) is 2. The Labute approximate surface area is 229 Å². The molecule has 2 saturated carbocycles. The number of carboxylic acids is 1. The maximum absolute atomic E-state index is 14.2. The summed E-state index contributed by atoms with van der Waals surface area (Å²) in [6, 6.07) is 7.02. The van der Waals surface area contributed by atoms with Crippen molar-refractivity contribution in [1.29, 1.82) is 0 Å². The Kier molecular flexibility index (Phi) is 7.16. The van der Waals surface area contributed by atoms with Gasteiger partial charge in [-0.2, -0.15) is 4.98 Å². The van der Waals surface area contributed by atoms with Crippen LogP contribution in [-0.4, -0.2) is 43.2 Å². The Morgan fingerprint density at radius 1 is 1.10 bits per heavy atom. The highest BCUT2D eigenvalue weighted by molar-refractivity contribution is 5.91. The van der Waals surface area contributed by atoms with Crippen LogP contribution in [0.1, 0.15) is 93.9 Å². The molecule has 6 rings (SSSR count). The minimum atomic E-state index is -1.16. The average molecular weight is 535 g/mol. The number of halogens is 1. The molecule has 1 aromatic carbocycles. The van der Waals surface area contributed by atoms with E-state index in [9.17, 15) is 14.3 Å². The van der Waals surface area contributed by atoms with Crippen molar-refractivity contribution in [3.05, 3.63) is 41.5 Å². The lowest BCUT2D eigenvalue weighted by Crippen LogP contribution is -2.32. The van der Waals surface area contributed by atoms with E-state index in [0.717, 1.165) is 61.7 Å². The molecule has 3 heterocycles. The normalized spacial score (nSPS) is 24.6. The van der Waals surface area contributed by atoms with Crippen molar-refractivity contribution < 1.29 is 14.3 Å². The van der Waals surface area contributed by atoms with Crippen molar-refractivity contribution in [1.82, 2.24) is 19.5 Å². The van der Waals surface area contributed by atoms with Gasteiger partial charge in [-0.05, 0) is 80.9 Å². The van der Waals surface area contributed by atoms with E-state index >= 15 is 0 Å². The molecule has 2 atom stereocenters. The molecule has 2 aromatic heterocycles. The summed E-state index contributed by atoms with van der Waals surface area (Å²) < 4.78 is 16.5. The van der Waals surface area contributed by atoms with Gasteiger partial charge in [-0.1, -0.05) is 38.3 Å².